The Morgan fingerprint density at radius 2 is 1.43 bits per heavy atom. The van der Waals surface area contributed by atoms with Crippen LogP contribution in [0.25, 0.3) is 11.3 Å². The Morgan fingerprint density at radius 3 is 1.96 bits per heavy atom. The molecule has 0 radical (unpaired) electrons. The van der Waals surface area contributed by atoms with Crippen LogP contribution in [0.4, 0.5) is 26.3 Å². The third kappa shape index (κ3) is 3.65. The van der Waals surface area contributed by atoms with E-state index in [2.05, 4.69) is 4.98 Å². The van der Waals surface area contributed by atoms with E-state index < -0.39 is 47.4 Å². The van der Waals surface area contributed by atoms with Gasteiger partial charge in [0.25, 0.3) is 0 Å². The molecule has 2 aromatic rings. The molecular weight excluding hydrogens is 327 g/mol. The molecule has 1 heterocycles. The molecule has 2 rings (SSSR count). The monoisotopic (exact) mass is 335 g/mol. The van der Waals surface area contributed by atoms with Crippen molar-refractivity contribution in [2.24, 2.45) is 0 Å². The molecule has 0 fully saturated rings. The average Bonchev–Trinajstić information content (AvgIpc) is 2.44. The van der Waals surface area contributed by atoms with Crippen LogP contribution in [0, 0.1) is 0 Å². The summed E-state index contributed by atoms with van der Waals surface area (Å²) in [6.07, 6.45) is -9.83. The second kappa shape index (κ2) is 5.86. The van der Waals surface area contributed by atoms with Crippen LogP contribution in [0.5, 0.6) is 0 Å². The molecule has 0 amide bonds. The number of hydrogen-bond acceptors (Lipinski definition) is 3. The Kier molecular flexibility index (Phi) is 4.40. The fourth-order valence-electron chi connectivity index (χ4n) is 2.01. The second-order valence-electron chi connectivity index (χ2n) is 4.55. The molecule has 0 bridgehead atoms. The summed E-state index contributed by atoms with van der Waals surface area (Å²) in [6, 6.07) is 5.59. The van der Waals surface area contributed by atoms with Crippen LogP contribution in [0.3, 0.4) is 0 Å². The third-order valence-electron chi connectivity index (χ3n) is 2.98. The molecule has 0 saturated carbocycles. The fourth-order valence-corrected chi connectivity index (χ4v) is 2.01. The minimum Gasteiger partial charge on any atom is -0.423 e. The standard InChI is InChI=1S/C13H8BF6NO2/c15-12(16,17)8-4-2-1-3-7(8)10-6-5-9(14(22)23)11(21-10)13(18,19)20/h1-6,22-23H. The molecule has 0 spiro atoms. The Bertz CT molecular complexity index is 714. The number of halogens is 6. The lowest BCUT2D eigenvalue weighted by Crippen LogP contribution is -2.37. The normalized spacial score (nSPS) is 12.3. The zero-order chi connectivity index (χ0) is 17.4. The Hall–Kier alpha value is -2.07. The number of pyridine rings is 1. The van der Waals surface area contributed by atoms with Crippen LogP contribution in [0.1, 0.15) is 11.3 Å². The van der Waals surface area contributed by atoms with E-state index in [-0.39, 0.29) is 0 Å². The Balaban J connectivity index is 2.68. The minimum atomic E-state index is -5.05. The van der Waals surface area contributed by atoms with Crippen molar-refractivity contribution in [2.75, 3.05) is 0 Å². The lowest BCUT2D eigenvalue weighted by molar-refractivity contribution is -0.140. The van der Waals surface area contributed by atoms with Crippen LogP contribution >= 0.6 is 0 Å². The van der Waals surface area contributed by atoms with E-state index in [1.165, 1.54) is 6.07 Å². The van der Waals surface area contributed by atoms with Gasteiger partial charge in [0.1, 0.15) is 5.69 Å². The summed E-state index contributed by atoms with van der Waals surface area (Å²) in [5.41, 5.74) is -4.84. The molecular formula is C13H8BF6NO2. The van der Waals surface area contributed by atoms with Crippen molar-refractivity contribution >= 4 is 12.6 Å². The van der Waals surface area contributed by atoms with Gasteiger partial charge in [-0.2, -0.15) is 26.3 Å². The lowest BCUT2D eigenvalue weighted by Gasteiger charge is -2.16. The van der Waals surface area contributed by atoms with E-state index >= 15 is 0 Å². The minimum absolute atomic E-state index is 0.538. The molecule has 0 saturated heterocycles. The molecule has 10 heteroatoms. The summed E-state index contributed by atoms with van der Waals surface area (Å²) < 4.78 is 77.6. The quantitative estimate of drug-likeness (QED) is 0.655. The van der Waals surface area contributed by atoms with Gasteiger partial charge in [-0.15, -0.1) is 0 Å². The lowest BCUT2D eigenvalue weighted by atomic mass is 9.78. The average molecular weight is 335 g/mol. The van der Waals surface area contributed by atoms with Crippen LogP contribution in [-0.4, -0.2) is 22.2 Å². The molecule has 1 aromatic carbocycles. The van der Waals surface area contributed by atoms with E-state index in [0.29, 0.717) is 6.07 Å². The van der Waals surface area contributed by atoms with Gasteiger partial charge in [-0.1, -0.05) is 24.3 Å². The largest absolute Gasteiger partial charge is 0.490 e. The zero-order valence-corrected chi connectivity index (χ0v) is 11.2. The predicted molar refractivity (Wildman–Crippen MR) is 69.5 cm³/mol. The molecule has 0 aliphatic heterocycles. The first-order valence-electron chi connectivity index (χ1n) is 6.12. The van der Waals surface area contributed by atoms with Crippen molar-refractivity contribution in [3.05, 3.63) is 47.7 Å². The van der Waals surface area contributed by atoms with Gasteiger partial charge < -0.3 is 10.0 Å². The van der Waals surface area contributed by atoms with E-state index in [1.807, 2.05) is 0 Å². The molecule has 0 atom stereocenters. The summed E-state index contributed by atoms with van der Waals surface area (Å²) >= 11 is 0. The van der Waals surface area contributed by atoms with Gasteiger partial charge in [-0.05, 0) is 12.1 Å². The van der Waals surface area contributed by atoms with Crippen molar-refractivity contribution in [1.29, 1.82) is 0 Å². The van der Waals surface area contributed by atoms with Crippen molar-refractivity contribution in [3.8, 4) is 11.3 Å². The molecule has 0 aliphatic rings. The summed E-state index contributed by atoms with van der Waals surface area (Å²) in [7, 11) is -2.45. The van der Waals surface area contributed by atoms with Crippen molar-refractivity contribution in [3.63, 3.8) is 0 Å². The number of alkyl halides is 6. The Labute approximate surface area is 126 Å². The zero-order valence-electron chi connectivity index (χ0n) is 11.2. The number of benzene rings is 1. The third-order valence-corrected chi connectivity index (χ3v) is 2.98. The first kappa shape index (κ1) is 17.3. The molecule has 122 valence electrons. The van der Waals surface area contributed by atoms with Crippen LogP contribution in [-0.2, 0) is 12.4 Å². The maximum atomic E-state index is 12.9. The van der Waals surface area contributed by atoms with Gasteiger partial charge in [-0.3, -0.25) is 0 Å². The van der Waals surface area contributed by atoms with E-state index in [9.17, 15) is 26.3 Å². The van der Waals surface area contributed by atoms with E-state index in [0.717, 1.165) is 24.3 Å². The number of rotatable bonds is 2. The topological polar surface area (TPSA) is 53.4 Å². The highest BCUT2D eigenvalue weighted by Crippen LogP contribution is 2.37. The van der Waals surface area contributed by atoms with Gasteiger partial charge in [0.15, 0.2) is 0 Å². The highest BCUT2D eigenvalue weighted by molar-refractivity contribution is 6.59. The van der Waals surface area contributed by atoms with Crippen LogP contribution in [0.2, 0.25) is 0 Å². The molecule has 23 heavy (non-hydrogen) atoms. The van der Waals surface area contributed by atoms with Crippen molar-refractivity contribution < 1.29 is 36.4 Å². The van der Waals surface area contributed by atoms with Gasteiger partial charge in [0.05, 0.1) is 11.3 Å². The van der Waals surface area contributed by atoms with Crippen molar-refractivity contribution in [2.45, 2.75) is 12.4 Å². The second-order valence-corrected chi connectivity index (χ2v) is 4.55. The molecule has 0 unspecified atom stereocenters. The van der Waals surface area contributed by atoms with E-state index in [4.69, 9.17) is 10.0 Å². The molecule has 1 aromatic heterocycles. The highest BCUT2D eigenvalue weighted by Gasteiger charge is 2.39. The summed E-state index contributed by atoms with van der Waals surface area (Å²) in [6.45, 7) is 0. The maximum Gasteiger partial charge on any atom is 0.490 e. The SMILES string of the molecule is OB(O)c1ccc(-c2ccccc2C(F)(F)F)nc1C(F)(F)F. The Morgan fingerprint density at radius 1 is 0.826 bits per heavy atom. The molecule has 2 N–H and O–H groups in total. The van der Waals surface area contributed by atoms with Gasteiger partial charge in [-0.25, -0.2) is 4.98 Å². The number of nitrogens with zero attached hydrogens (tertiary/aromatic N) is 1. The van der Waals surface area contributed by atoms with Gasteiger partial charge in [0, 0.05) is 11.0 Å². The number of aromatic nitrogens is 1. The van der Waals surface area contributed by atoms with Gasteiger partial charge in [0.2, 0.25) is 0 Å². The fraction of sp³-hybridized carbons (Fsp3) is 0.154. The maximum absolute atomic E-state index is 12.9. The predicted octanol–water partition coefficient (Wildman–Crippen LogP) is 2.47. The first-order valence-corrected chi connectivity index (χ1v) is 6.12. The van der Waals surface area contributed by atoms with Crippen LogP contribution < -0.4 is 5.46 Å². The van der Waals surface area contributed by atoms with Crippen LogP contribution in [0.15, 0.2) is 36.4 Å². The van der Waals surface area contributed by atoms with Gasteiger partial charge >= 0.3 is 19.5 Å². The highest BCUT2D eigenvalue weighted by atomic mass is 19.4. The molecule has 0 aliphatic carbocycles. The number of hydrogen-bond donors (Lipinski definition) is 2. The van der Waals surface area contributed by atoms with Crippen molar-refractivity contribution in [1.82, 2.24) is 4.98 Å². The summed E-state index contributed by atoms with van der Waals surface area (Å²) in [5.74, 6) is 0. The van der Waals surface area contributed by atoms with E-state index in [1.54, 1.807) is 0 Å². The molecule has 3 nitrogen and oxygen atoms in total. The summed E-state index contributed by atoms with van der Waals surface area (Å²) in [5, 5.41) is 17.9. The smallest absolute Gasteiger partial charge is 0.423 e. The summed E-state index contributed by atoms with van der Waals surface area (Å²) in [4.78, 5) is 3.16. The first-order chi connectivity index (χ1) is 10.5.